The molecule has 0 aliphatic carbocycles. The van der Waals surface area contributed by atoms with E-state index in [2.05, 4.69) is 0 Å². The fraction of sp³-hybridized carbons (Fsp3) is 0.889. The molecule has 0 spiro atoms. The van der Waals surface area contributed by atoms with E-state index in [0.29, 0.717) is 6.42 Å². The highest BCUT2D eigenvalue weighted by Gasteiger charge is 2.55. The van der Waals surface area contributed by atoms with Crippen LogP contribution in [0.25, 0.3) is 0 Å². The van der Waals surface area contributed by atoms with Crippen molar-refractivity contribution in [3.8, 4) is 0 Å². The molecule has 2 heterocycles. The average Bonchev–Trinajstić information content (AvgIpc) is 2.53. The summed E-state index contributed by atoms with van der Waals surface area (Å²) in [5.41, 5.74) is -1.02. The summed E-state index contributed by atoms with van der Waals surface area (Å²) in [5.74, 6) is -0.394. The van der Waals surface area contributed by atoms with Crippen LogP contribution in [-0.2, 0) is 9.53 Å². The summed E-state index contributed by atoms with van der Waals surface area (Å²) in [6, 6.07) is 0. The summed E-state index contributed by atoms with van der Waals surface area (Å²) in [7, 11) is 0. The maximum absolute atomic E-state index is 11.7. The van der Waals surface area contributed by atoms with E-state index in [0.717, 1.165) is 13.0 Å². The predicted molar refractivity (Wildman–Crippen MR) is 44.5 cm³/mol. The Morgan fingerprint density at radius 3 is 3.25 bits per heavy atom. The summed E-state index contributed by atoms with van der Waals surface area (Å²) >= 11 is 0. The Bertz CT molecular complexity index is 276. The van der Waals surface area contributed by atoms with Crippen LogP contribution in [0.1, 0.15) is 35.8 Å². The molecule has 2 aliphatic rings. The number of esters is 1. The molecule has 2 saturated heterocycles. The van der Waals surface area contributed by atoms with E-state index in [4.69, 9.17) is 7.48 Å². The van der Waals surface area contributed by atoms with Crippen LogP contribution in [0.5, 0.6) is 0 Å². The highest BCUT2D eigenvalue weighted by atomic mass is 16.6. The fourth-order valence-corrected chi connectivity index (χ4v) is 2.24. The van der Waals surface area contributed by atoms with E-state index in [-0.39, 0.29) is 6.23 Å². The number of rotatable bonds is 1. The number of nitrogens with zero attached hydrogens (tertiary/aromatic N) is 1. The monoisotopic (exact) mass is 171 g/mol. The van der Waals surface area contributed by atoms with Crippen LogP contribution in [0.2, 0.25) is 0 Å². The van der Waals surface area contributed by atoms with Gasteiger partial charge in [-0.3, -0.25) is 4.90 Å². The number of fused-ring (bicyclic) bond motifs is 1. The number of ether oxygens (including phenoxy) is 1. The third-order valence-corrected chi connectivity index (χ3v) is 2.90. The van der Waals surface area contributed by atoms with Crippen LogP contribution < -0.4 is 0 Å². The van der Waals surface area contributed by atoms with Gasteiger partial charge in [0.2, 0.25) is 0 Å². The molecule has 2 rings (SSSR count). The normalized spacial score (nSPS) is 45.2. The van der Waals surface area contributed by atoms with Crippen molar-refractivity contribution in [3.05, 3.63) is 0 Å². The number of cyclic esters (lactones) is 1. The van der Waals surface area contributed by atoms with Gasteiger partial charge < -0.3 is 4.74 Å². The topological polar surface area (TPSA) is 29.5 Å². The van der Waals surface area contributed by atoms with E-state index < -0.39 is 17.9 Å². The molecular weight excluding hydrogens is 154 g/mol. The van der Waals surface area contributed by atoms with Crippen molar-refractivity contribution in [2.75, 3.05) is 6.54 Å². The lowest BCUT2D eigenvalue weighted by atomic mass is 9.94. The largest absolute Gasteiger partial charge is 0.445 e. The molecule has 3 nitrogen and oxygen atoms in total. The molecule has 3 heteroatoms. The van der Waals surface area contributed by atoms with Crippen LogP contribution >= 0.6 is 0 Å². The Morgan fingerprint density at radius 1 is 1.92 bits per heavy atom. The molecular formula is C9H15NO2. The predicted octanol–water partition coefficient (Wildman–Crippen LogP) is 1.13. The van der Waals surface area contributed by atoms with Gasteiger partial charge in [-0.1, -0.05) is 6.92 Å². The standard InChI is InChI=1S/C9H15NO2/c1-3-9-5-4-6-10(9)7(2)12-8(9)11/h7H,3-6H2,1-2H3/t7-,9+/m1/s1/i3D2. The van der Waals surface area contributed by atoms with Crippen molar-refractivity contribution in [2.24, 2.45) is 0 Å². The number of hydrogen-bond acceptors (Lipinski definition) is 3. The first-order valence-electron chi connectivity index (χ1n) is 5.37. The van der Waals surface area contributed by atoms with E-state index in [1.807, 2.05) is 4.90 Å². The van der Waals surface area contributed by atoms with Crippen molar-refractivity contribution in [1.29, 1.82) is 0 Å². The molecule has 0 aromatic heterocycles. The maximum Gasteiger partial charge on any atom is 0.328 e. The summed E-state index contributed by atoms with van der Waals surface area (Å²) in [5, 5.41) is 0. The lowest BCUT2D eigenvalue weighted by Gasteiger charge is -2.26. The SMILES string of the molecule is [2H]C([2H])(C)[C@@]12CCCN1[C@@H](C)OC2=O. The number of hydrogen-bond donors (Lipinski definition) is 0. The molecule has 0 saturated carbocycles. The van der Waals surface area contributed by atoms with Gasteiger partial charge >= 0.3 is 5.97 Å². The highest BCUT2D eigenvalue weighted by Crippen LogP contribution is 2.40. The van der Waals surface area contributed by atoms with Gasteiger partial charge in [0.05, 0.1) is 0 Å². The zero-order valence-electron chi connectivity index (χ0n) is 9.46. The number of carbonyl (C=O) groups excluding carboxylic acids is 1. The Morgan fingerprint density at radius 2 is 2.67 bits per heavy atom. The van der Waals surface area contributed by atoms with Crippen molar-refractivity contribution < 1.29 is 12.3 Å². The van der Waals surface area contributed by atoms with Crippen molar-refractivity contribution in [2.45, 2.75) is 44.8 Å². The summed E-state index contributed by atoms with van der Waals surface area (Å²) in [4.78, 5) is 13.6. The summed E-state index contributed by atoms with van der Waals surface area (Å²) < 4.78 is 20.7. The minimum Gasteiger partial charge on any atom is -0.445 e. The number of carbonyl (C=O) groups is 1. The van der Waals surface area contributed by atoms with E-state index in [9.17, 15) is 4.79 Å². The average molecular weight is 171 g/mol. The second-order valence-corrected chi connectivity index (χ2v) is 3.41. The molecule has 0 amide bonds. The van der Waals surface area contributed by atoms with Gasteiger partial charge in [0.25, 0.3) is 0 Å². The van der Waals surface area contributed by atoms with Gasteiger partial charge in [-0.15, -0.1) is 0 Å². The Kier molecular flexibility index (Phi) is 1.22. The van der Waals surface area contributed by atoms with Crippen LogP contribution in [0.4, 0.5) is 0 Å². The van der Waals surface area contributed by atoms with Gasteiger partial charge in [-0.2, -0.15) is 0 Å². The molecule has 0 radical (unpaired) electrons. The molecule has 68 valence electrons. The molecule has 0 aromatic rings. The fourth-order valence-electron chi connectivity index (χ4n) is 2.24. The first-order valence-corrected chi connectivity index (χ1v) is 4.37. The Hall–Kier alpha value is -0.570. The second kappa shape index (κ2) is 2.46. The van der Waals surface area contributed by atoms with Crippen LogP contribution in [0, 0.1) is 0 Å². The first-order chi connectivity index (χ1) is 6.39. The van der Waals surface area contributed by atoms with E-state index in [1.54, 1.807) is 6.92 Å². The van der Waals surface area contributed by atoms with Crippen molar-refractivity contribution >= 4 is 5.97 Å². The zero-order chi connectivity index (χ0) is 10.6. The smallest absolute Gasteiger partial charge is 0.328 e. The van der Waals surface area contributed by atoms with Crippen LogP contribution in [-0.4, -0.2) is 29.2 Å². The second-order valence-electron chi connectivity index (χ2n) is 3.41. The highest BCUT2D eigenvalue weighted by molar-refractivity contribution is 5.83. The molecule has 0 aromatic carbocycles. The third kappa shape index (κ3) is 0.774. The van der Waals surface area contributed by atoms with Gasteiger partial charge in [0.1, 0.15) is 5.54 Å². The summed E-state index contributed by atoms with van der Waals surface area (Å²) in [6.07, 6.45) is -0.377. The van der Waals surface area contributed by atoms with Gasteiger partial charge in [-0.05, 0) is 26.1 Å². The lowest BCUT2D eigenvalue weighted by molar-refractivity contribution is -0.145. The zero-order valence-corrected chi connectivity index (χ0v) is 7.46. The van der Waals surface area contributed by atoms with Gasteiger partial charge in [0.15, 0.2) is 6.23 Å². The maximum atomic E-state index is 11.7. The minimum atomic E-state index is -1.54. The minimum absolute atomic E-state index is 0.278. The van der Waals surface area contributed by atoms with Gasteiger partial charge in [-0.25, -0.2) is 4.79 Å². The molecule has 12 heavy (non-hydrogen) atoms. The molecule has 2 aliphatic heterocycles. The van der Waals surface area contributed by atoms with Crippen molar-refractivity contribution in [3.63, 3.8) is 0 Å². The summed E-state index contributed by atoms with van der Waals surface area (Å²) in [6.45, 7) is 4.02. The Balaban J connectivity index is 2.44. The molecule has 2 fully saturated rings. The molecule has 0 bridgehead atoms. The van der Waals surface area contributed by atoms with Crippen molar-refractivity contribution in [1.82, 2.24) is 4.90 Å². The van der Waals surface area contributed by atoms with E-state index >= 15 is 0 Å². The Labute approximate surface area is 75.5 Å². The van der Waals surface area contributed by atoms with Gasteiger partial charge in [0, 0.05) is 9.29 Å². The molecule has 0 N–H and O–H groups in total. The lowest BCUT2D eigenvalue weighted by Crippen LogP contribution is -2.44. The van der Waals surface area contributed by atoms with Crippen LogP contribution in [0.3, 0.4) is 0 Å². The third-order valence-electron chi connectivity index (χ3n) is 2.90. The molecule has 2 atom stereocenters. The van der Waals surface area contributed by atoms with E-state index in [1.165, 1.54) is 6.92 Å². The first kappa shape index (κ1) is 5.97. The van der Waals surface area contributed by atoms with Crippen LogP contribution in [0.15, 0.2) is 0 Å². The molecule has 0 unspecified atom stereocenters. The quantitative estimate of drug-likeness (QED) is 0.554.